The Kier molecular flexibility index (Phi) is 11.2. The van der Waals surface area contributed by atoms with Crippen LogP contribution in [0, 0.1) is 0 Å². The van der Waals surface area contributed by atoms with Crippen LogP contribution < -0.4 is 14.4 Å². The van der Waals surface area contributed by atoms with Crippen molar-refractivity contribution in [2.24, 2.45) is 0 Å². The molecule has 0 aliphatic rings. The first-order valence-electron chi connectivity index (χ1n) is 12.9. The lowest BCUT2D eigenvalue weighted by molar-refractivity contribution is -0.140. The van der Waals surface area contributed by atoms with Gasteiger partial charge in [-0.3, -0.25) is 13.9 Å². The van der Waals surface area contributed by atoms with Gasteiger partial charge in [0, 0.05) is 13.1 Å². The molecule has 0 spiro atoms. The number of sulfonamides is 1. The summed E-state index contributed by atoms with van der Waals surface area (Å²) in [6.45, 7) is 3.65. The Morgan fingerprint density at radius 2 is 1.62 bits per heavy atom. The quantitative estimate of drug-likeness (QED) is 0.276. The zero-order valence-corrected chi connectivity index (χ0v) is 25.0. The summed E-state index contributed by atoms with van der Waals surface area (Å²) in [4.78, 5) is 28.6. The molecule has 0 bridgehead atoms. The number of carbonyl (C=O) groups is 2. The third-order valence-electron chi connectivity index (χ3n) is 6.26. The first-order valence-corrected chi connectivity index (χ1v) is 15.1. The normalized spacial score (nSPS) is 11.9. The van der Waals surface area contributed by atoms with E-state index >= 15 is 0 Å². The first kappa shape index (κ1) is 31.3. The van der Waals surface area contributed by atoms with Gasteiger partial charge in [0.25, 0.3) is 10.0 Å². The highest BCUT2D eigenvalue weighted by Crippen LogP contribution is 2.35. The lowest BCUT2D eigenvalue weighted by Gasteiger charge is -2.33. The second kappa shape index (κ2) is 14.4. The maximum absolute atomic E-state index is 14.0. The van der Waals surface area contributed by atoms with Crippen molar-refractivity contribution in [3.63, 3.8) is 0 Å². The second-order valence-corrected chi connectivity index (χ2v) is 11.6. The van der Waals surface area contributed by atoms with Crippen molar-refractivity contribution in [3.8, 4) is 5.75 Å². The standard InChI is InChI=1S/C29H33Cl2N3O5S/c1-4-18-32-29(36)25(5-2)33(19-21-14-16-22(39-3)17-15-21)27(35)20-34(26-13-9-12-24(30)28(26)31)40(37,38)23-10-7-6-8-11-23/h6-17,25H,4-5,18-20H2,1-3H3,(H,32,36). The smallest absolute Gasteiger partial charge is 0.264 e. The topological polar surface area (TPSA) is 96.0 Å². The summed E-state index contributed by atoms with van der Waals surface area (Å²) in [7, 11) is -2.69. The highest BCUT2D eigenvalue weighted by atomic mass is 35.5. The summed E-state index contributed by atoms with van der Waals surface area (Å²) in [5.74, 6) is -0.251. The number of rotatable bonds is 13. The van der Waals surface area contributed by atoms with Crippen LogP contribution in [-0.4, -0.2) is 51.4 Å². The minimum absolute atomic E-state index is 0.00842. The lowest BCUT2D eigenvalue weighted by atomic mass is 10.1. The molecule has 11 heteroatoms. The molecule has 3 aromatic rings. The van der Waals surface area contributed by atoms with E-state index < -0.39 is 28.5 Å². The van der Waals surface area contributed by atoms with E-state index in [1.165, 1.54) is 29.2 Å². The molecule has 1 unspecified atom stereocenters. The largest absolute Gasteiger partial charge is 0.497 e. The van der Waals surface area contributed by atoms with Crippen molar-refractivity contribution in [2.45, 2.75) is 44.2 Å². The molecule has 1 N–H and O–H groups in total. The highest BCUT2D eigenvalue weighted by Gasteiger charge is 2.34. The molecule has 214 valence electrons. The summed E-state index contributed by atoms with van der Waals surface area (Å²) in [6, 6.07) is 18.6. The SMILES string of the molecule is CCCNC(=O)C(CC)N(Cc1ccc(OC)cc1)C(=O)CN(c1cccc(Cl)c1Cl)S(=O)(=O)c1ccccc1. The molecule has 0 fully saturated rings. The summed E-state index contributed by atoms with van der Waals surface area (Å²) >= 11 is 12.7. The van der Waals surface area contributed by atoms with Gasteiger partial charge in [-0.05, 0) is 54.8 Å². The minimum Gasteiger partial charge on any atom is -0.497 e. The Hall–Kier alpha value is -3.27. The highest BCUT2D eigenvalue weighted by molar-refractivity contribution is 7.92. The number of nitrogens with zero attached hydrogens (tertiary/aromatic N) is 2. The van der Waals surface area contributed by atoms with Gasteiger partial charge in [0.1, 0.15) is 18.3 Å². The number of hydrogen-bond acceptors (Lipinski definition) is 5. The third-order valence-corrected chi connectivity index (χ3v) is 8.84. The molecular formula is C29H33Cl2N3O5S. The van der Waals surface area contributed by atoms with Crippen molar-refractivity contribution in [3.05, 3.63) is 88.4 Å². The van der Waals surface area contributed by atoms with Crippen LogP contribution in [0.2, 0.25) is 10.0 Å². The van der Waals surface area contributed by atoms with Crippen molar-refractivity contribution in [1.29, 1.82) is 0 Å². The third kappa shape index (κ3) is 7.47. The van der Waals surface area contributed by atoms with E-state index in [1.807, 2.05) is 6.92 Å². The van der Waals surface area contributed by atoms with E-state index in [4.69, 9.17) is 27.9 Å². The number of methoxy groups -OCH3 is 1. The zero-order chi connectivity index (χ0) is 29.3. The maximum Gasteiger partial charge on any atom is 0.264 e. The fraction of sp³-hybridized carbons (Fsp3) is 0.310. The molecule has 0 heterocycles. The van der Waals surface area contributed by atoms with Crippen molar-refractivity contribution in [2.75, 3.05) is 24.5 Å². The molecule has 0 aliphatic heterocycles. The Morgan fingerprint density at radius 3 is 2.23 bits per heavy atom. The second-order valence-electron chi connectivity index (χ2n) is 8.98. The van der Waals surface area contributed by atoms with E-state index in [0.29, 0.717) is 18.7 Å². The Bertz CT molecular complexity index is 1400. The molecule has 8 nitrogen and oxygen atoms in total. The van der Waals surface area contributed by atoms with E-state index in [0.717, 1.165) is 16.3 Å². The van der Waals surface area contributed by atoms with Gasteiger partial charge in [0.2, 0.25) is 11.8 Å². The lowest BCUT2D eigenvalue weighted by Crippen LogP contribution is -2.52. The first-order chi connectivity index (χ1) is 19.1. The maximum atomic E-state index is 14.0. The van der Waals surface area contributed by atoms with Crippen LogP contribution in [0.1, 0.15) is 32.3 Å². The van der Waals surface area contributed by atoms with Crippen LogP contribution in [0.15, 0.2) is 77.7 Å². The molecule has 2 amide bonds. The molecule has 0 aliphatic carbocycles. The van der Waals surface area contributed by atoms with Gasteiger partial charge in [0.15, 0.2) is 0 Å². The van der Waals surface area contributed by atoms with E-state index in [2.05, 4.69) is 5.32 Å². The minimum atomic E-state index is -4.25. The van der Waals surface area contributed by atoms with Gasteiger partial charge < -0.3 is 15.0 Å². The Labute approximate surface area is 245 Å². The fourth-order valence-corrected chi connectivity index (χ4v) is 6.03. The number of benzene rings is 3. The van der Waals surface area contributed by atoms with Crippen molar-refractivity contribution < 1.29 is 22.7 Å². The molecule has 40 heavy (non-hydrogen) atoms. The molecule has 0 saturated heterocycles. The predicted octanol–water partition coefficient (Wildman–Crippen LogP) is 5.53. The number of hydrogen-bond donors (Lipinski definition) is 1. The summed E-state index contributed by atoms with van der Waals surface area (Å²) < 4.78 is 33.9. The van der Waals surface area contributed by atoms with E-state index in [-0.39, 0.29) is 33.1 Å². The van der Waals surface area contributed by atoms with E-state index in [9.17, 15) is 18.0 Å². The Morgan fingerprint density at radius 1 is 0.950 bits per heavy atom. The zero-order valence-electron chi connectivity index (χ0n) is 22.6. The van der Waals surface area contributed by atoms with Crippen LogP contribution in [0.25, 0.3) is 0 Å². The number of nitrogens with one attached hydrogen (secondary N) is 1. The molecule has 3 rings (SSSR count). The van der Waals surface area contributed by atoms with Crippen molar-refractivity contribution >= 4 is 50.7 Å². The van der Waals surface area contributed by atoms with Crippen LogP contribution in [-0.2, 0) is 26.2 Å². The monoisotopic (exact) mass is 605 g/mol. The molecule has 0 aromatic heterocycles. The van der Waals surface area contributed by atoms with Gasteiger partial charge in [-0.1, -0.05) is 73.4 Å². The molecule has 0 saturated carbocycles. The summed E-state index contributed by atoms with van der Waals surface area (Å²) in [5, 5.41) is 2.99. The fourth-order valence-electron chi connectivity index (χ4n) is 4.13. The van der Waals surface area contributed by atoms with Crippen molar-refractivity contribution in [1.82, 2.24) is 10.2 Å². The molecule has 3 aromatic carbocycles. The van der Waals surface area contributed by atoms with Gasteiger partial charge in [-0.2, -0.15) is 0 Å². The van der Waals surface area contributed by atoms with E-state index in [1.54, 1.807) is 62.6 Å². The summed E-state index contributed by atoms with van der Waals surface area (Å²) in [6.07, 6.45) is 1.05. The molecular weight excluding hydrogens is 573 g/mol. The summed E-state index contributed by atoms with van der Waals surface area (Å²) in [5.41, 5.74) is 0.799. The average Bonchev–Trinajstić information content (AvgIpc) is 2.96. The van der Waals surface area contributed by atoms with Crippen LogP contribution in [0.4, 0.5) is 5.69 Å². The van der Waals surface area contributed by atoms with Gasteiger partial charge in [-0.25, -0.2) is 8.42 Å². The Balaban J connectivity index is 2.07. The van der Waals surface area contributed by atoms with Crippen LogP contribution in [0.5, 0.6) is 5.75 Å². The number of carbonyl (C=O) groups excluding carboxylic acids is 2. The average molecular weight is 607 g/mol. The molecule has 1 atom stereocenters. The number of ether oxygens (including phenoxy) is 1. The van der Waals surface area contributed by atoms with Crippen LogP contribution >= 0.6 is 23.2 Å². The predicted molar refractivity (Wildman–Crippen MR) is 158 cm³/mol. The number of amides is 2. The number of anilines is 1. The molecule has 0 radical (unpaired) electrons. The van der Waals surface area contributed by atoms with Gasteiger partial charge in [0.05, 0.1) is 27.7 Å². The van der Waals surface area contributed by atoms with Gasteiger partial charge in [-0.15, -0.1) is 0 Å². The van der Waals surface area contributed by atoms with Gasteiger partial charge >= 0.3 is 0 Å². The number of halogens is 2. The van der Waals surface area contributed by atoms with Crippen LogP contribution in [0.3, 0.4) is 0 Å².